The first-order valence-corrected chi connectivity index (χ1v) is 5.71. The van der Waals surface area contributed by atoms with Crippen LogP contribution in [0.3, 0.4) is 0 Å². The maximum atomic E-state index is 11.6. The third-order valence-corrected chi connectivity index (χ3v) is 2.67. The number of carbonyl (C=O) groups is 4. The van der Waals surface area contributed by atoms with Gasteiger partial charge in [0.05, 0.1) is 40.8 Å². The molecule has 0 saturated carbocycles. The fraction of sp³-hybridized carbons (Fsp3) is 0.667. The van der Waals surface area contributed by atoms with Crippen molar-refractivity contribution >= 4 is 23.9 Å². The smallest absolute Gasteiger partial charge is 0.320 e. The van der Waals surface area contributed by atoms with E-state index in [-0.39, 0.29) is 12.8 Å². The van der Waals surface area contributed by atoms with Gasteiger partial charge in [-0.3, -0.25) is 19.2 Å². The summed E-state index contributed by atoms with van der Waals surface area (Å²) in [5.74, 6) is -5.40. The Bertz CT molecular complexity index is 360. The van der Waals surface area contributed by atoms with E-state index < -0.39 is 35.7 Å². The van der Waals surface area contributed by atoms with Gasteiger partial charge in [0.2, 0.25) is 0 Å². The zero-order valence-electron chi connectivity index (χ0n) is 11.8. The van der Waals surface area contributed by atoms with Crippen molar-refractivity contribution in [1.82, 2.24) is 0 Å². The molecule has 114 valence electrons. The number of rotatable bonds is 7. The molecule has 0 aliphatic rings. The van der Waals surface area contributed by atoms with Gasteiger partial charge in [-0.15, -0.1) is 0 Å². The maximum Gasteiger partial charge on any atom is 0.320 e. The second kappa shape index (κ2) is 8.89. The van der Waals surface area contributed by atoms with Crippen molar-refractivity contribution in [2.24, 2.45) is 11.8 Å². The van der Waals surface area contributed by atoms with E-state index in [1.165, 1.54) is 0 Å². The van der Waals surface area contributed by atoms with Crippen LogP contribution in [0, 0.1) is 11.8 Å². The molecule has 0 fully saturated rings. The third kappa shape index (κ3) is 5.25. The van der Waals surface area contributed by atoms with Crippen LogP contribution in [-0.4, -0.2) is 52.3 Å². The van der Waals surface area contributed by atoms with Crippen LogP contribution in [0.1, 0.15) is 12.8 Å². The summed E-state index contributed by atoms with van der Waals surface area (Å²) in [5, 5.41) is 0. The van der Waals surface area contributed by atoms with E-state index in [2.05, 4.69) is 18.9 Å². The largest absolute Gasteiger partial charge is 0.469 e. The predicted octanol–water partition coefficient (Wildman–Crippen LogP) is -0.309. The Morgan fingerprint density at radius 3 is 1.55 bits per heavy atom. The van der Waals surface area contributed by atoms with Gasteiger partial charge in [-0.25, -0.2) is 0 Å². The molecule has 8 heteroatoms. The average Bonchev–Trinajstić information content (AvgIpc) is 2.48. The number of ether oxygens (including phenoxy) is 4. The molecule has 0 aromatic heterocycles. The van der Waals surface area contributed by atoms with E-state index in [0.717, 1.165) is 28.4 Å². The molecule has 1 atom stereocenters. The molecule has 20 heavy (non-hydrogen) atoms. The van der Waals surface area contributed by atoms with Crippen molar-refractivity contribution in [1.29, 1.82) is 0 Å². The highest BCUT2D eigenvalue weighted by Crippen LogP contribution is 2.20. The summed E-state index contributed by atoms with van der Waals surface area (Å²) in [4.78, 5) is 45.9. The molecule has 0 N–H and O–H groups in total. The Hall–Kier alpha value is -2.12. The van der Waals surface area contributed by atoms with Gasteiger partial charge < -0.3 is 18.9 Å². The summed E-state index contributed by atoms with van der Waals surface area (Å²) in [5.41, 5.74) is 0. The quantitative estimate of drug-likeness (QED) is 0.357. The first-order chi connectivity index (χ1) is 9.40. The van der Waals surface area contributed by atoms with Gasteiger partial charge in [-0.1, -0.05) is 0 Å². The molecule has 0 saturated heterocycles. The summed E-state index contributed by atoms with van der Waals surface area (Å²) in [6.07, 6.45) is -0.575. The molecule has 0 aliphatic carbocycles. The van der Waals surface area contributed by atoms with Crippen molar-refractivity contribution in [2.45, 2.75) is 12.8 Å². The Morgan fingerprint density at radius 1 is 0.750 bits per heavy atom. The molecule has 0 aromatic carbocycles. The Kier molecular flexibility index (Phi) is 7.95. The van der Waals surface area contributed by atoms with Crippen LogP contribution in [0.25, 0.3) is 0 Å². The van der Waals surface area contributed by atoms with Crippen LogP contribution < -0.4 is 0 Å². The Balaban J connectivity index is 5.06. The molecule has 0 spiro atoms. The van der Waals surface area contributed by atoms with Crippen LogP contribution in [0.2, 0.25) is 0 Å². The SMILES string of the molecule is COC(=O)CC(CC(C(=O)OC)C(=O)OC)C(=O)OC. The highest BCUT2D eigenvalue weighted by atomic mass is 16.5. The van der Waals surface area contributed by atoms with Crippen LogP contribution in [0.4, 0.5) is 0 Å². The van der Waals surface area contributed by atoms with E-state index in [0.29, 0.717) is 0 Å². The number of hydrogen-bond acceptors (Lipinski definition) is 8. The van der Waals surface area contributed by atoms with Crippen LogP contribution in [0.5, 0.6) is 0 Å². The van der Waals surface area contributed by atoms with Gasteiger partial charge >= 0.3 is 23.9 Å². The lowest BCUT2D eigenvalue weighted by Gasteiger charge is -2.18. The summed E-state index contributed by atoms with van der Waals surface area (Å²) in [6.45, 7) is 0. The molecule has 8 nitrogen and oxygen atoms in total. The van der Waals surface area contributed by atoms with Gasteiger partial charge in [0.1, 0.15) is 0 Å². The average molecular weight is 290 g/mol. The minimum absolute atomic E-state index is 0.263. The summed E-state index contributed by atoms with van der Waals surface area (Å²) in [7, 11) is 4.50. The summed E-state index contributed by atoms with van der Waals surface area (Å²) < 4.78 is 17.9. The molecular formula is C12H18O8. The highest BCUT2D eigenvalue weighted by Gasteiger charge is 2.35. The lowest BCUT2D eigenvalue weighted by atomic mass is 9.92. The number of carbonyl (C=O) groups excluding carboxylic acids is 4. The minimum Gasteiger partial charge on any atom is -0.469 e. The summed E-state index contributed by atoms with van der Waals surface area (Å²) >= 11 is 0. The zero-order valence-corrected chi connectivity index (χ0v) is 11.8. The first-order valence-electron chi connectivity index (χ1n) is 5.71. The Labute approximate surface area is 116 Å². The third-order valence-electron chi connectivity index (χ3n) is 2.67. The molecule has 0 rings (SSSR count). The molecule has 0 aliphatic heterocycles. The monoisotopic (exact) mass is 290 g/mol. The van der Waals surface area contributed by atoms with E-state index in [1.54, 1.807) is 0 Å². The van der Waals surface area contributed by atoms with Crippen molar-refractivity contribution in [3.05, 3.63) is 0 Å². The molecule has 1 unspecified atom stereocenters. The molecule has 0 heterocycles. The van der Waals surface area contributed by atoms with Crippen molar-refractivity contribution in [3.63, 3.8) is 0 Å². The molecule has 0 radical (unpaired) electrons. The molecular weight excluding hydrogens is 272 g/mol. The fourth-order valence-electron chi connectivity index (χ4n) is 1.57. The van der Waals surface area contributed by atoms with Crippen LogP contribution in [0.15, 0.2) is 0 Å². The molecule has 0 amide bonds. The van der Waals surface area contributed by atoms with Gasteiger partial charge in [0.15, 0.2) is 5.92 Å². The predicted molar refractivity (Wildman–Crippen MR) is 64.3 cm³/mol. The topological polar surface area (TPSA) is 105 Å². The Morgan fingerprint density at radius 2 is 1.20 bits per heavy atom. The number of esters is 4. The van der Waals surface area contributed by atoms with Gasteiger partial charge in [-0.05, 0) is 6.42 Å². The fourth-order valence-corrected chi connectivity index (χ4v) is 1.57. The van der Waals surface area contributed by atoms with E-state index in [4.69, 9.17) is 0 Å². The minimum atomic E-state index is -1.31. The van der Waals surface area contributed by atoms with Gasteiger partial charge in [-0.2, -0.15) is 0 Å². The lowest BCUT2D eigenvalue weighted by Crippen LogP contribution is -2.32. The standard InChI is InChI=1S/C12H18O8/c1-17-9(13)6-7(10(14)18-2)5-8(11(15)19-3)12(16)20-4/h7-8H,5-6H2,1-4H3. The second-order valence-electron chi connectivity index (χ2n) is 3.83. The highest BCUT2D eigenvalue weighted by molar-refractivity contribution is 5.95. The number of hydrogen-bond donors (Lipinski definition) is 0. The van der Waals surface area contributed by atoms with E-state index in [1.807, 2.05) is 0 Å². The van der Waals surface area contributed by atoms with Gasteiger partial charge in [0.25, 0.3) is 0 Å². The lowest BCUT2D eigenvalue weighted by molar-refractivity contribution is -0.162. The van der Waals surface area contributed by atoms with E-state index in [9.17, 15) is 19.2 Å². The van der Waals surface area contributed by atoms with Gasteiger partial charge in [0, 0.05) is 0 Å². The van der Waals surface area contributed by atoms with Crippen molar-refractivity contribution in [2.75, 3.05) is 28.4 Å². The van der Waals surface area contributed by atoms with E-state index >= 15 is 0 Å². The summed E-state index contributed by atoms with van der Waals surface area (Å²) in [6, 6.07) is 0. The van der Waals surface area contributed by atoms with Crippen molar-refractivity contribution < 1.29 is 38.1 Å². The maximum absolute atomic E-state index is 11.6. The normalized spacial score (nSPS) is 11.4. The van der Waals surface area contributed by atoms with Crippen molar-refractivity contribution in [3.8, 4) is 0 Å². The van der Waals surface area contributed by atoms with Crippen LogP contribution in [-0.2, 0) is 38.1 Å². The second-order valence-corrected chi connectivity index (χ2v) is 3.83. The zero-order chi connectivity index (χ0) is 15.7. The molecule has 0 bridgehead atoms. The van der Waals surface area contributed by atoms with Crippen LogP contribution >= 0.6 is 0 Å². The molecule has 0 aromatic rings. The number of methoxy groups -OCH3 is 4. The first kappa shape index (κ1) is 17.9.